The summed E-state index contributed by atoms with van der Waals surface area (Å²) in [6, 6.07) is 2.98. The van der Waals surface area contributed by atoms with Crippen molar-refractivity contribution in [3.63, 3.8) is 0 Å². The van der Waals surface area contributed by atoms with Gasteiger partial charge in [0.2, 0.25) is 0 Å². The van der Waals surface area contributed by atoms with Crippen LogP contribution in [0.25, 0.3) is 0 Å². The van der Waals surface area contributed by atoms with Crippen LogP contribution in [-0.2, 0) is 4.74 Å². The molecule has 1 aromatic carbocycles. The van der Waals surface area contributed by atoms with Crippen molar-refractivity contribution in [2.75, 3.05) is 0 Å². The first-order chi connectivity index (χ1) is 10.3. The molecular formula is C14H16FN3O4. The predicted octanol–water partition coefficient (Wildman–Crippen LogP) is 2.06. The Kier molecular flexibility index (Phi) is 4.30. The van der Waals surface area contributed by atoms with Crippen LogP contribution in [0.1, 0.15) is 41.5 Å². The monoisotopic (exact) mass is 309 g/mol. The fourth-order valence-electron chi connectivity index (χ4n) is 2.37. The SMILES string of the molecule is Cc1ccc(F)c(C(C)C(OC(N)=O)c2n[nH]c(=O)o2)c1C. The maximum absolute atomic E-state index is 14.2. The number of amides is 1. The Morgan fingerprint density at radius 1 is 1.45 bits per heavy atom. The van der Waals surface area contributed by atoms with Gasteiger partial charge in [-0.05, 0) is 36.6 Å². The van der Waals surface area contributed by atoms with E-state index in [0.717, 1.165) is 5.56 Å². The predicted molar refractivity (Wildman–Crippen MR) is 74.8 cm³/mol. The number of nitrogens with two attached hydrogens (primary N) is 1. The van der Waals surface area contributed by atoms with Crippen molar-refractivity contribution in [1.29, 1.82) is 0 Å². The number of hydrogen-bond donors (Lipinski definition) is 2. The molecule has 0 saturated heterocycles. The molecule has 8 heteroatoms. The van der Waals surface area contributed by atoms with Crippen LogP contribution in [0.5, 0.6) is 0 Å². The zero-order chi connectivity index (χ0) is 16.4. The number of H-pyrrole nitrogens is 1. The molecule has 1 amide bonds. The van der Waals surface area contributed by atoms with Gasteiger partial charge in [0, 0.05) is 5.92 Å². The highest BCUT2D eigenvalue weighted by Crippen LogP contribution is 2.36. The van der Waals surface area contributed by atoms with Crippen LogP contribution >= 0.6 is 0 Å². The van der Waals surface area contributed by atoms with E-state index in [4.69, 9.17) is 14.9 Å². The van der Waals surface area contributed by atoms with Crippen molar-refractivity contribution in [1.82, 2.24) is 10.2 Å². The molecule has 2 rings (SSSR count). The van der Waals surface area contributed by atoms with E-state index in [1.54, 1.807) is 19.9 Å². The quantitative estimate of drug-likeness (QED) is 0.898. The summed E-state index contributed by atoms with van der Waals surface area (Å²) < 4.78 is 24.0. The number of primary amides is 1. The standard InChI is InChI=1S/C14H16FN3O4/c1-6-4-5-9(15)10(7(6)2)8(3)11(21-13(16)19)12-17-18-14(20)22-12/h4-5,8,11H,1-3H3,(H2,16,19)(H,18,20). The molecule has 118 valence electrons. The van der Waals surface area contributed by atoms with Crippen LogP contribution in [0.15, 0.2) is 21.3 Å². The summed E-state index contributed by atoms with van der Waals surface area (Å²) >= 11 is 0. The van der Waals surface area contributed by atoms with E-state index < -0.39 is 29.7 Å². The third-order valence-corrected chi connectivity index (χ3v) is 3.58. The number of aromatic amines is 1. The van der Waals surface area contributed by atoms with Crippen LogP contribution in [0.4, 0.5) is 9.18 Å². The third kappa shape index (κ3) is 3.00. The van der Waals surface area contributed by atoms with E-state index in [9.17, 15) is 14.0 Å². The summed E-state index contributed by atoms with van der Waals surface area (Å²) in [4.78, 5) is 22.2. The van der Waals surface area contributed by atoms with E-state index in [-0.39, 0.29) is 5.89 Å². The Hall–Kier alpha value is -2.64. The van der Waals surface area contributed by atoms with Crippen molar-refractivity contribution >= 4 is 6.09 Å². The number of nitrogens with zero attached hydrogens (tertiary/aromatic N) is 1. The Bertz CT molecular complexity index is 753. The molecular weight excluding hydrogens is 293 g/mol. The lowest BCUT2D eigenvalue weighted by Gasteiger charge is -2.23. The highest BCUT2D eigenvalue weighted by Gasteiger charge is 2.32. The largest absolute Gasteiger partial charge is 0.436 e. The topological polar surface area (TPSA) is 111 Å². The molecule has 0 aliphatic heterocycles. The minimum absolute atomic E-state index is 0.170. The van der Waals surface area contributed by atoms with E-state index in [2.05, 4.69) is 10.2 Å². The number of hydrogen-bond acceptors (Lipinski definition) is 5. The molecule has 0 bridgehead atoms. The fourth-order valence-corrected chi connectivity index (χ4v) is 2.37. The van der Waals surface area contributed by atoms with Crippen molar-refractivity contribution in [2.24, 2.45) is 5.73 Å². The molecule has 0 aliphatic rings. The molecule has 7 nitrogen and oxygen atoms in total. The lowest BCUT2D eigenvalue weighted by Crippen LogP contribution is -2.22. The first-order valence-corrected chi connectivity index (χ1v) is 6.58. The molecule has 2 unspecified atom stereocenters. The molecule has 0 saturated carbocycles. The van der Waals surface area contributed by atoms with Gasteiger partial charge in [-0.2, -0.15) is 0 Å². The average molecular weight is 309 g/mol. The van der Waals surface area contributed by atoms with Gasteiger partial charge in [-0.3, -0.25) is 0 Å². The zero-order valence-electron chi connectivity index (χ0n) is 12.3. The van der Waals surface area contributed by atoms with E-state index >= 15 is 0 Å². The number of rotatable bonds is 4. The van der Waals surface area contributed by atoms with Crippen LogP contribution in [0.2, 0.25) is 0 Å². The average Bonchev–Trinajstić information content (AvgIpc) is 2.86. The van der Waals surface area contributed by atoms with Crippen LogP contribution < -0.4 is 11.5 Å². The minimum atomic E-state index is -1.12. The molecule has 3 N–H and O–H groups in total. The summed E-state index contributed by atoms with van der Waals surface area (Å²) in [5.74, 6) is -2.08. The molecule has 0 fully saturated rings. The van der Waals surface area contributed by atoms with Crippen LogP contribution in [0.3, 0.4) is 0 Å². The number of aromatic nitrogens is 2. The molecule has 1 aromatic heterocycles. The van der Waals surface area contributed by atoms with E-state index in [1.165, 1.54) is 6.07 Å². The van der Waals surface area contributed by atoms with Gasteiger partial charge in [0.25, 0.3) is 5.89 Å². The second-order valence-corrected chi connectivity index (χ2v) is 5.00. The van der Waals surface area contributed by atoms with E-state index in [1.807, 2.05) is 6.92 Å². The van der Waals surface area contributed by atoms with Gasteiger partial charge < -0.3 is 14.9 Å². The number of carbonyl (C=O) groups is 1. The zero-order valence-corrected chi connectivity index (χ0v) is 12.3. The first-order valence-electron chi connectivity index (χ1n) is 6.58. The summed E-state index contributed by atoms with van der Waals surface area (Å²) in [5.41, 5.74) is 6.98. The number of nitrogens with one attached hydrogen (secondary N) is 1. The highest BCUT2D eigenvalue weighted by molar-refractivity contribution is 5.65. The molecule has 0 aliphatic carbocycles. The number of ether oxygens (including phenoxy) is 1. The lowest BCUT2D eigenvalue weighted by molar-refractivity contribution is 0.0730. The van der Waals surface area contributed by atoms with Gasteiger partial charge in [0.05, 0.1) is 0 Å². The van der Waals surface area contributed by atoms with E-state index in [0.29, 0.717) is 11.1 Å². The van der Waals surface area contributed by atoms with Crippen molar-refractivity contribution in [3.05, 3.63) is 51.1 Å². The first kappa shape index (κ1) is 15.7. The Morgan fingerprint density at radius 2 is 2.14 bits per heavy atom. The minimum Gasteiger partial charge on any atom is -0.436 e. The molecule has 0 spiro atoms. The second kappa shape index (κ2) is 6.00. The summed E-state index contributed by atoms with van der Waals surface area (Å²) in [5, 5.41) is 5.71. The normalized spacial score (nSPS) is 13.6. The van der Waals surface area contributed by atoms with Gasteiger partial charge in [0.1, 0.15) is 5.82 Å². The van der Waals surface area contributed by atoms with Crippen molar-refractivity contribution < 1.29 is 18.3 Å². The van der Waals surface area contributed by atoms with Crippen molar-refractivity contribution in [2.45, 2.75) is 32.8 Å². The second-order valence-electron chi connectivity index (χ2n) is 5.00. The fraction of sp³-hybridized carbons (Fsp3) is 0.357. The van der Waals surface area contributed by atoms with Gasteiger partial charge >= 0.3 is 11.8 Å². The van der Waals surface area contributed by atoms with Crippen LogP contribution in [0, 0.1) is 19.7 Å². The Morgan fingerprint density at radius 3 is 2.68 bits per heavy atom. The summed E-state index contributed by atoms with van der Waals surface area (Å²) in [6.07, 6.45) is -2.19. The number of carbonyl (C=O) groups excluding carboxylic acids is 1. The molecule has 0 radical (unpaired) electrons. The number of aryl methyl sites for hydroxylation is 1. The molecule has 22 heavy (non-hydrogen) atoms. The maximum Gasteiger partial charge on any atom is 0.434 e. The van der Waals surface area contributed by atoms with Gasteiger partial charge in [-0.1, -0.05) is 13.0 Å². The maximum atomic E-state index is 14.2. The summed E-state index contributed by atoms with van der Waals surface area (Å²) in [7, 11) is 0. The highest BCUT2D eigenvalue weighted by atomic mass is 19.1. The number of benzene rings is 1. The smallest absolute Gasteiger partial charge is 0.434 e. The molecule has 2 atom stereocenters. The lowest BCUT2D eigenvalue weighted by atomic mass is 9.89. The number of halogens is 1. The molecule has 2 aromatic rings. The van der Waals surface area contributed by atoms with Crippen molar-refractivity contribution in [3.8, 4) is 0 Å². The Labute approximate surface area is 125 Å². The Balaban J connectivity index is 2.50. The van der Waals surface area contributed by atoms with Gasteiger partial charge in [-0.25, -0.2) is 19.1 Å². The summed E-state index contributed by atoms with van der Waals surface area (Å²) in [6.45, 7) is 5.23. The van der Waals surface area contributed by atoms with Gasteiger partial charge in [-0.15, -0.1) is 5.10 Å². The third-order valence-electron chi connectivity index (χ3n) is 3.58. The molecule has 1 heterocycles. The van der Waals surface area contributed by atoms with Crippen LogP contribution in [-0.4, -0.2) is 16.3 Å². The van der Waals surface area contributed by atoms with Gasteiger partial charge in [0.15, 0.2) is 6.10 Å².